The lowest BCUT2D eigenvalue weighted by Gasteiger charge is -2.26. The summed E-state index contributed by atoms with van der Waals surface area (Å²) in [4.78, 5) is 13.7. The van der Waals surface area contributed by atoms with E-state index in [9.17, 15) is 9.90 Å². The molecule has 1 aliphatic heterocycles. The second kappa shape index (κ2) is 5.90. The van der Waals surface area contributed by atoms with Crippen molar-refractivity contribution in [3.8, 4) is 0 Å². The number of aromatic carboxylic acids is 1. The van der Waals surface area contributed by atoms with Crippen molar-refractivity contribution in [2.45, 2.75) is 19.3 Å². The van der Waals surface area contributed by atoms with Crippen molar-refractivity contribution in [2.75, 3.05) is 11.4 Å². The second-order valence-corrected chi connectivity index (χ2v) is 6.12. The van der Waals surface area contributed by atoms with Crippen LogP contribution in [0.2, 0.25) is 0 Å². The zero-order chi connectivity index (χ0) is 14.8. The van der Waals surface area contributed by atoms with Gasteiger partial charge in [-0.3, -0.25) is 0 Å². The van der Waals surface area contributed by atoms with E-state index in [1.165, 1.54) is 5.56 Å². The van der Waals surface area contributed by atoms with Crippen molar-refractivity contribution in [1.29, 1.82) is 0 Å². The van der Waals surface area contributed by atoms with Crippen LogP contribution in [0.3, 0.4) is 0 Å². The van der Waals surface area contributed by atoms with E-state index < -0.39 is 5.97 Å². The van der Waals surface area contributed by atoms with E-state index in [1.807, 2.05) is 24.3 Å². The highest BCUT2D eigenvalue weighted by Crippen LogP contribution is 2.35. The first-order valence-corrected chi connectivity index (χ1v) is 7.84. The molecule has 2 aromatic rings. The maximum atomic E-state index is 11.6. The summed E-state index contributed by atoms with van der Waals surface area (Å²) in [7, 11) is 0. The number of carboxylic acids is 1. The van der Waals surface area contributed by atoms with Crippen LogP contribution in [-0.4, -0.2) is 17.6 Å². The number of nitrogens with zero attached hydrogens (tertiary/aromatic N) is 1. The number of aryl methyl sites for hydroxylation is 1. The normalized spacial score (nSPS) is 14.4. The molecule has 0 saturated carbocycles. The van der Waals surface area contributed by atoms with E-state index in [0.29, 0.717) is 5.56 Å². The summed E-state index contributed by atoms with van der Waals surface area (Å²) in [6.45, 7) is 0.846. The van der Waals surface area contributed by atoms with Gasteiger partial charge < -0.3 is 10.0 Å². The van der Waals surface area contributed by atoms with Crippen molar-refractivity contribution < 1.29 is 9.90 Å². The van der Waals surface area contributed by atoms with Crippen molar-refractivity contribution in [3.63, 3.8) is 0 Å². The Morgan fingerprint density at radius 1 is 1.10 bits per heavy atom. The highest BCUT2D eigenvalue weighted by atomic mass is 79.9. The molecule has 4 heteroatoms. The van der Waals surface area contributed by atoms with E-state index in [1.54, 1.807) is 6.07 Å². The molecule has 1 heterocycles. The minimum absolute atomic E-state index is 0.334. The molecule has 0 fully saturated rings. The number of carboxylic acid groups (broad SMARTS) is 1. The number of hydrogen-bond acceptors (Lipinski definition) is 2. The van der Waals surface area contributed by atoms with Crippen molar-refractivity contribution in [2.24, 2.45) is 0 Å². The lowest BCUT2D eigenvalue weighted by atomic mass is 10.1. The predicted octanol–water partition coefficient (Wildman–Crippen LogP) is 4.62. The number of fused-ring (bicyclic) bond motifs is 1. The van der Waals surface area contributed by atoms with Crippen LogP contribution < -0.4 is 4.90 Å². The van der Waals surface area contributed by atoms with Gasteiger partial charge in [0.2, 0.25) is 0 Å². The summed E-state index contributed by atoms with van der Waals surface area (Å²) in [5.74, 6) is -0.895. The molecule has 2 aromatic carbocycles. The van der Waals surface area contributed by atoms with Gasteiger partial charge in [-0.05, 0) is 49.1 Å². The van der Waals surface area contributed by atoms with Crippen LogP contribution in [0.25, 0.3) is 0 Å². The zero-order valence-corrected chi connectivity index (χ0v) is 13.1. The zero-order valence-electron chi connectivity index (χ0n) is 11.6. The number of para-hydroxylation sites is 1. The first-order chi connectivity index (χ1) is 10.2. The van der Waals surface area contributed by atoms with Gasteiger partial charge in [-0.15, -0.1) is 0 Å². The van der Waals surface area contributed by atoms with Gasteiger partial charge in [0.1, 0.15) is 0 Å². The van der Waals surface area contributed by atoms with Gasteiger partial charge in [-0.2, -0.15) is 0 Å². The van der Waals surface area contributed by atoms with Crippen LogP contribution in [0.4, 0.5) is 11.4 Å². The van der Waals surface area contributed by atoms with E-state index >= 15 is 0 Å². The number of benzene rings is 2. The smallest absolute Gasteiger partial charge is 0.337 e. The highest BCUT2D eigenvalue weighted by molar-refractivity contribution is 9.10. The molecule has 3 nitrogen and oxygen atoms in total. The third-order valence-corrected chi connectivity index (χ3v) is 4.33. The lowest BCUT2D eigenvalue weighted by molar-refractivity contribution is 0.0697. The molecular weight excluding hydrogens is 330 g/mol. The van der Waals surface area contributed by atoms with Crippen LogP contribution in [0.5, 0.6) is 0 Å². The third kappa shape index (κ3) is 2.81. The van der Waals surface area contributed by atoms with E-state index in [4.69, 9.17) is 0 Å². The van der Waals surface area contributed by atoms with Gasteiger partial charge in [0.05, 0.1) is 11.3 Å². The molecule has 3 rings (SSSR count). The average Bonchev–Trinajstić information content (AvgIpc) is 2.69. The SMILES string of the molecule is O=C(O)c1cc(Br)ccc1N1CCCCc2ccccc21. The van der Waals surface area contributed by atoms with Gasteiger partial charge >= 0.3 is 5.97 Å². The minimum atomic E-state index is -0.895. The highest BCUT2D eigenvalue weighted by Gasteiger charge is 2.21. The Balaban J connectivity index is 2.14. The van der Waals surface area contributed by atoms with Crippen LogP contribution in [-0.2, 0) is 6.42 Å². The molecule has 0 aliphatic carbocycles. The summed E-state index contributed by atoms with van der Waals surface area (Å²) in [5.41, 5.74) is 3.51. The van der Waals surface area contributed by atoms with Crippen LogP contribution >= 0.6 is 15.9 Å². The van der Waals surface area contributed by atoms with Crippen molar-refractivity contribution in [1.82, 2.24) is 0 Å². The Kier molecular flexibility index (Phi) is 3.97. The quantitative estimate of drug-likeness (QED) is 0.863. The fourth-order valence-corrected chi connectivity index (χ4v) is 3.22. The molecule has 0 saturated heterocycles. The van der Waals surface area contributed by atoms with Gasteiger partial charge in [0.25, 0.3) is 0 Å². The Morgan fingerprint density at radius 3 is 2.71 bits per heavy atom. The summed E-state index contributed by atoms with van der Waals surface area (Å²) in [6, 6.07) is 13.7. The molecule has 1 aliphatic rings. The number of hydrogen-bond donors (Lipinski definition) is 1. The Hall–Kier alpha value is -1.81. The molecule has 21 heavy (non-hydrogen) atoms. The monoisotopic (exact) mass is 345 g/mol. The molecule has 0 bridgehead atoms. The topological polar surface area (TPSA) is 40.5 Å². The van der Waals surface area contributed by atoms with Gasteiger partial charge in [0, 0.05) is 16.7 Å². The molecule has 108 valence electrons. The summed E-state index contributed by atoms with van der Waals surface area (Å²) >= 11 is 3.35. The maximum Gasteiger partial charge on any atom is 0.337 e. The molecule has 0 atom stereocenters. The number of anilines is 2. The first-order valence-electron chi connectivity index (χ1n) is 7.05. The van der Waals surface area contributed by atoms with Gasteiger partial charge in [0.15, 0.2) is 0 Å². The van der Waals surface area contributed by atoms with Crippen molar-refractivity contribution >= 4 is 33.3 Å². The van der Waals surface area contributed by atoms with E-state index in [-0.39, 0.29) is 0 Å². The average molecular weight is 346 g/mol. The number of carbonyl (C=O) groups is 1. The van der Waals surface area contributed by atoms with E-state index in [0.717, 1.165) is 41.7 Å². The molecule has 0 aromatic heterocycles. The molecular formula is C17H16BrNO2. The summed E-state index contributed by atoms with van der Waals surface area (Å²) in [6.07, 6.45) is 3.24. The molecule has 0 spiro atoms. The number of rotatable bonds is 2. The Labute approximate surface area is 132 Å². The molecule has 0 unspecified atom stereocenters. The standard InChI is InChI=1S/C17H16BrNO2/c18-13-8-9-16(14(11-13)17(20)21)19-10-4-3-6-12-5-1-2-7-15(12)19/h1-2,5,7-9,11H,3-4,6,10H2,(H,20,21). The van der Waals surface area contributed by atoms with Crippen LogP contribution in [0.1, 0.15) is 28.8 Å². The van der Waals surface area contributed by atoms with Crippen LogP contribution in [0.15, 0.2) is 46.9 Å². The Morgan fingerprint density at radius 2 is 1.90 bits per heavy atom. The largest absolute Gasteiger partial charge is 0.478 e. The molecule has 1 N–H and O–H groups in total. The Bertz CT molecular complexity index is 684. The third-order valence-electron chi connectivity index (χ3n) is 3.84. The van der Waals surface area contributed by atoms with Gasteiger partial charge in [-0.1, -0.05) is 34.1 Å². The minimum Gasteiger partial charge on any atom is -0.478 e. The lowest BCUT2D eigenvalue weighted by Crippen LogP contribution is -2.20. The van der Waals surface area contributed by atoms with E-state index in [2.05, 4.69) is 33.0 Å². The fraction of sp³-hybridized carbons (Fsp3) is 0.235. The van der Waals surface area contributed by atoms with Gasteiger partial charge in [-0.25, -0.2) is 4.79 Å². The van der Waals surface area contributed by atoms with Crippen molar-refractivity contribution in [3.05, 3.63) is 58.1 Å². The molecule has 0 radical (unpaired) electrons. The summed E-state index contributed by atoms with van der Waals surface area (Å²) in [5, 5.41) is 9.49. The van der Waals surface area contributed by atoms with Crippen LogP contribution in [0, 0.1) is 0 Å². The number of halogens is 1. The fourth-order valence-electron chi connectivity index (χ4n) is 2.86. The second-order valence-electron chi connectivity index (χ2n) is 5.20. The molecule has 0 amide bonds. The summed E-state index contributed by atoms with van der Waals surface area (Å²) < 4.78 is 0.784. The first kappa shape index (κ1) is 14.1. The maximum absolute atomic E-state index is 11.6. The predicted molar refractivity (Wildman–Crippen MR) is 87.5 cm³/mol.